The molecule has 0 atom stereocenters. The topological polar surface area (TPSA) is 12.0 Å². The van der Waals surface area contributed by atoms with E-state index in [9.17, 15) is 0 Å². The normalized spacial score (nSPS) is 11.0. The Balaban J connectivity index is 3.98. The van der Waals surface area contributed by atoms with E-state index in [1.807, 2.05) is 6.08 Å². The van der Waals surface area contributed by atoms with Gasteiger partial charge in [0, 0.05) is 11.4 Å². The lowest BCUT2D eigenvalue weighted by atomic mass is 10.2. The van der Waals surface area contributed by atoms with Crippen molar-refractivity contribution in [1.82, 2.24) is 5.32 Å². The molecule has 0 radical (unpaired) electrons. The van der Waals surface area contributed by atoms with Crippen molar-refractivity contribution in [3.05, 3.63) is 36.7 Å². The summed E-state index contributed by atoms with van der Waals surface area (Å²) < 4.78 is 0. The molecule has 12 heavy (non-hydrogen) atoms. The molecule has 0 saturated heterocycles. The highest BCUT2D eigenvalue weighted by molar-refractivity contribution is 5.18. The summed E-state index contributed by atoms with van der Waals surface area (Å²) in [5.41, 5.74) is 2.11. The first-order valence-corrected chi connectivity index (χ1v) is 4.52. The number of hydrogen-bond acceptors (Lipinski definition) is 1. The van der Waals surface area contributed by atoms with Crippen LogP contribution in [-0.4, -0.2) is 0 Å². The molecule has 0 aliphatic carbocycles. The van der Waals surface area contributed by atoms with Gasteiger partial charge in [0.1, 0.15) is 0 Å². The molecule has 1 N–H and O–H groups in total. The fraction of sp³-hybridized carbons (Fsp3) is 0.455. The van der Waals surface area contributed by atoms with Gasteiger partial charge in [0.2, 0.25) is 0 Å². The van der Waals surface area contributed by atoms with E-state index in [1.165, 1.54) is 0 Å². The maximum atomic E-state index is 3.87. The van der Waals surface area contributed by atoms with Crippen molar-refractivity contribution in [2.24, 2.45) is 0 Å². The summed E-state index contributed by atoms with van der Waals surface area (Å²) in [6.45, 7) is 11.8. The van der Waals surface area contributed by atoms with Crippen LogP contribution < -0.4 is 5.32 Å². The molecule has 68 valence electrons. The Bertz CT molecular complexity index is 177. The number of rotatable bonds is 6. The molecule has 0 aromatic heterocycles. The summed E-state index contributed by atoms with van der Waals surface area (Å²) in [7, 11) is 0. The smallest absolute Gasteiger partial charge is 0.0335 e. The zero-order valence-electron chi connectivity index (χ0n) is 8.19. The summed E-state index contributed by atoms with van der Waals surface area (Å²) in [6, 6.07) is 0. The summed E-state index contributed by atoms with van der Waals surface area (Å²) in [5, 5.41) is 3.20. The van der Waals surface area contributed by atoms with Gasteiger partial charge in [0.15, 0.2) is 0 Å². The molecule has 0 bridgehead atoms. The average Bonchev–Trinajstić information content (AvgIpc) is 2.11. The predicted octanol–water partition coefficient (Wildman–Crippen LogP) is 3.37. The standard InChI is InChI=1S/C11H19N/c1-5-8-9-11(7-3)12-10(4)6-2/h7,9,12H,3-6,8H2,1-2H3/b11-9+. The highest BCUT2D eigenvalue weighted by atomic mass is 14.9. The number of hydrogen-bond donors (Lipinski definition) is 1. The second kappa shape index (κ2) is 6.71. The van der Waals surface area contributed by atoms with E-state index in [1.54, 1.807) is 0 Å². The molecule has 0 aromatic rings. The van der Waals surface area contributed by atoms with Crippen LogP contribution in [0.4, 0.5) is 0 Å². The molecule has 0 unspecified atom stereocenters. The minimum atomic E-state index is 0.956. The van der Waals surface area contributed by atoms with Crippen molar-refractivity contribution >= 4 is 0 Å². The van der Waals surface area contributed by atoms with Crippen molar-refractivity contribution in [1.29, 1.82) is 0 Å². The van der Waals surface area contributed by atoms with Gasteiger partial charge in [-0.3, -0.25) is 0 Å². The van der Waals surface area contributed by atoms with Gasteiger partial charge in [-0.15, -0.1) is 0 Å². The maximum Gasteiger partial charge on any atom is 0.0335 e. The van der Waals surface area contributed by atoms with Gasteiger partial charge >= 0.3 is 0 Å². The van der Waals surface area contributed by atoms with E-state index in [2.05, 4.69) is 38.4 Å². The molecule has 0 aliphatic heterocycles. The Hall–Kier alpha value is -0.980. The Labute approximate surface area is 75.9 Å². The summed E-state index contributed by atoms with van der Waals surface area (Å²) in [6.07, 6.45) is 7.19. The molecule has 0 spiro atoms. The first-order chi connectivity index (χ1) is 5.74. The second-order valence-corrected chi connectivity index (χ2v) is 2.73. The van der Waals surface area contributed by atoms with Crippen LogP contribution in [-0.2, 0) is 0 Å². The minimum absolute atomic E-state index is 0.956. The monoisotopic (exact) mass is 165 g/mol. The molecule has 0 rings (SSSR count). The van der Waals surface area contributed by atoms with Gasteiger partial charge in [-0.25, -0.2) is 0 Å². The Morgan fingerprint density at radius 1 is 1.42 bits per heavy atom. The first-order valence-electron chi connectivity index (χ1n) is 4.52. The zero-order chi connectivity index (χ0) is 9.40. The largest absolute Gasteiger partial charge is 0.360 e. The van der Waals surface area contributed by atoms with E-state index >= 15 is 0 Å². The summed E-state index contributed by atoms with van der Waals surface area (Å²) >= 11 is 0. The Morgan fingerprint density at radius 2 is 2.08 bits per heavy atom. The van der Waals surface area contributed by atoms with Crippen LogP contribution >= 0.6 is 0 Å². The predicted molar refractivity (Wildman–Crippen MR) is 55.8 cm³/mol. The summed E-state index contributed by atoms with van der Waals surface area (Å²) in [4.78, 5) is 0. The van der Waals surface area contributed by atoms with E-state index in [4.69, 9.17) is 0 Å². The van der Waals surface area contributed by atoms with Gasteiger partial charge < -0.3 is 5.32 Å². The highest BCUT2D eigenvalue weighted by Crippen LogP contribution is 2.01. The third-order valence-electron chi connectivity index (χ3n) is 1.62. The first kappa shape index (κ1) is 11.0. The van der Waals surface area contributed by atoms with E-state index in [-0.39, 0.29) is 0 Å². The van der Waals surface area contributed by atoms with Crippen LogP contribution in [0.1, 0.15) is 33.1 Å². The molecule has 0 aromatic carbocycles. The van der Waals surface area contributed by atoms with Crippen LogP contribution in [0.15, 0.2) is 36.7 Å². The van der Waals surface area contributed by atoms with E-state index < -0.39 is 0 Å². The van der Waals surface area contributed by atoms with Crippen LogP contribution in [0, 0.1) is 0 Å². The number of unbranched alkanes of at least 4 members (excludes halogenated alkanes) is 1. The Kier molecular flexibility index (Phi) is 6.16. The lowest BCUT2D eigenvalue weighted by Gasteiger charge is -2.07. The fourth-order valence-electron chi connectivity index (χ4n) is 0.778. The zero-order valence-corrected chi connectivity index (χ0v) is 8.19. The summed E-state index contributed by atoms with van der Waals surface area (Å²) in [5.74, 6) is 0. The van der Waals surface area contributed by atoms with Gasteiger partial charge in [-0.05, 0) is 18.9 Å². The van der Waals surface area contributed by atoms with Gasteiger partial charge in [0.05, 0.1) is 0 Å². The minimum Gasteiger partial charge on any atom is -0.360 e. The van der Waals surface area contributed by atoms with Gasteiger partial charge in [-0.1, -0.05) is 39.5 Å². The molecule has 0 aliphatic rings. The number of nitrogens with one attached hydrogen (secondary N) is 1. The van der Waals surface area contributed by atoms with Crippen molar-refractivity contribution in [3.8, 4) is 0 Å². The SMILES string of the molecule is C=C/C(=C\CCC)NC(=C)CC. The van der Waals surface area contributed by atoms with E-state index in [0.29, 0.717) is 0 Å². The van der Waals surface area contributed by atoms with E-state index in [0.717, 1.165) is 30.7 Å². The van der Waals surface area contributed by atoms with Gasteiger partial charge in [0.25, 0.3) is 0 Å². The molecular formula is C11H19N. The average molecular weight is 165 g/mol. The van der Waals surface area contributed by atoms with Crippen LogP contribution in [0.5, 0.6) is 0 Å². The third kappa shape index (κ3) is 4.78. The van der Waals surface area contributed by atoms with Crippen LogP contribution in [0.2, 0.25) is 0 Å². The van der Waals surface area contributed by atoms with Crippen LogP contribution in [0.25, 0.3) is 0 Å². The molecule has 1 nitrogen and oxygen atoms in total. The Morgan fingerprint density at radius 3 is 2.50 bits per heavy atom. The lowest BCUT2D eigenvalue weighted by Crippen LogP contribution is -2.09. The number of allylic oxidation sites excluding steroid dienone is 3. The van der Waals surface area contributed by atoms with Crippen molar-refractivity contribution in [3.63, 3.8) is 0 Å². The second-order valence-electron chi connectivity index (χ2n) is 2.73. The molecule has 0 saturated carbocycles. The molecule has 0 heterocycles. The fourth-order valence-corrected chi connectivity index (χ4v) is 0.778. The highest BCUT2D eigenvalue weighted by Gasteiger charge is 1.91. The molecule has 0 amide bonds. The van der Waals surface area contributed by atoms with Gasteiger partial charge in [-0.2, -0.15) is 0 Å². The van der Waals surface area contributed by atoms with Crippen molar-refractivity contribution in [2.75, 3.05) is 0 Å². The molecule has 0 fully saturated rings. The third-order valence-corrected chi connectivity index (χ3v) is 1.62. The van der Waals surface area contributed by atoms with Crippen LogP contribution in [0.3, 0.4) is 0 Å². The van der Waals surface area contributed by atoms with Crippen molar-refractivity contribution in [2.45, 2.75) is 33.1 Å². The molecular weight excluding hydrogens is 146 g/mol. The lowest BCUT2D eigenvalue weighted by molar-refractivity contribution is 0.889. The van der Waals surface area contributed by atoms with Crippen molar-refractivity contribution < 1.29 is 0 Å². The quantitative estimate of drug-likeness (QED) is 0.595. The maximum absolute atomic E-state index is 3.87. The molecule has 1 heteroatoms.